The molecule has 1 heterocycles. The van der Waals surface area contributed by atoms with Crippen molar-refractivity contribution in [2.24, 2.45) is 23.7 Å². The molecule has 7 nitrogen and oxygen atoms in total. The Morgan fingerprint density at radius 1 is 1.00 bits per heavy atom. The zero-order chi connectivity index (χ0) is 25.9. The van der Waals surface area contributed by atoms with Crippen molar-refractivity contribution < 1.29 is 23.9 Å². The fourth-order valence-corrected chi connectivity index (χ4v) is 7.02. The zero-order valence-electron chi connectivity index (χ0n) is 19.5. The Balaban J connectivity index is 1.21. The monoisotopic (exact) mass is 592 g/mol. The van der Waals surface area contributed by atoms with Crippen LogP contribution in [0.5, 0.6) is 0 Å². The van der Waals surface area contributed by atoms with Crippen LogP contribution in [0.2, 0.25) is 0 Å². The summed E-state index contributed by atoms with van der Waals surface area (Å²) in [7, 11) is 0. The van der Waals surface area contributed by atoms with Crippen LogP contribution < -0.4 is 10.2 Å². The van der Waals surface area contributed by atoms with Crippen molar-refractivity contribution in [1.29, 1.82) is 0 Å². The van der Waals surface area contributed by atoms with E-state index >= 15 is 0 Å². The molecule has 1 saturated heterocycles. The van der Waals surface area contributed by atoms with Crippen molar-refractivity contribution in [3.05, 3.63) is 57.6 Å². The summed E-state index contributed by atoms with van der Waals surface area (Å²) >= 11 is 16.3. The number of hydrogen-bond acceptors (Lipinski definition) is 5. The van der Waals surface area contributed by atoms with E-state index in [1.165, 1.54) is 29.2 Å². The fourth-order valence-electron chi connectivity index (χ4n) is 5.67. The molecular formula is C26H23BrCl2N2O5. The van der Waals surface area contributed by atoms with E-state index in [2.05, 4.69) is 21.2 Å². The van der Waals surface area contributed by atoms with Crippen molar-refractivity contribution in [3.8, 4) is 0 Å². The van der Waals surface area contributed by atoms with E-state index < -0.39 is 30.3 Å². The number of alkyl halides is 2. The van der Waals surface area contributed by atoms with Gasteiger partial charge in [-0.25, -0.2) is 4.79 Å². The Morgan fingerprint density at radius 2 is 1.58 bits per heavy atom. The lowest BCUT2D eigenvalue weighted by Gasteiger charge is -2.28. The van der Waals surface area contributed by atoms with E-state index in [0.29, 0.717) is 17.8 Å². The standard InChI is InChI=1S/C26H23BrCl2N2O5/c1-11-8-18(12(2)7-17(11)27)30-19(32)10-36-26(35)13-3-5-14(6-4-13)31-24(33)20-15-9-16(21(20)25(31)34)23(29)22(15)28/h3-8,15-16,20-23H,9-10H2,1-2H3,(H,30,32)/t15-,16-,20-,21-,22-,23+/m1/s1. The highest BCUT2D eigenvalue weighted by Gasteiger charge is 2.66. The van der Waals surface area contributed by atoms with Crippen LogP contribution in [0, 0.1) is 37.5 Å². The normalized spacial score (nSPS) is 28.4. The van der Waals surface area contributed by atoms with Crippen LogP contribution in [0.3, 0.4) is 0 Å². The molecule has 2 aromatic carbocycles. The van der Waals surface area contributed by atoms with Crippen LogP contribution >= 0.6 is 39.1 Å². The molecule has 1 aliphatic heterocycles. The number of nitrogens with one attached hydrogen (secondary N) is 1. The van der Waals surface area contributed by atoms with E-state index in [1.807, 2.05) is 26.0 Å². The van der Waals surface area contributed by atoms with Crippen LogP contribution in [-0.4, -0.2) is 41.1 Å². The van der Waals surface area contributed by atoms with Gasteiger partial charge in [0.05, 0.1) is 33.8 Å². The molecule has 2 saturated carbocycles. The highest BCUT2D eigenvalue weighted by Crippen LogP contribution is 2.59. The lowest BCUT2D eigenvalue weighted by molar-refractivity contribution is -0.123. The number of benzene rings is 2. The number of rotatable bonds is 5. The van der Waals surface area contributed by atoms with Crippen LogP contribution in [0.15, 0.2) is 40.9 Å². The van der Waals surface area contributed by atoms with Gasteiger partial charge in [-0.05, 0) is 79.6 Å². The van der Waals surface area contributed by atoms with Crippen LogP contribution in [0.1, 0.15) is 27.9 Å². The summed E-state index contributed by atoms with van der Waals surface area (Å²) in [5.74, 6) is -2.77. The fraction of sp³-hybridized carbons (Fsp3) is 0.385. The first-order chi connectivity index (χ1) is 17.1. The number of hydrogen-bond donors (Lipinski definition) is 1. The number of esters is 1. The average Bonchev–Trinajstić information content (AvgIpc) is 3.46. The van der Waals surface area contributed by atoms with Gasteiger partial charge >= 0.3 is 5.97 Å². The number of nitrogens with zero attached hydrogens (tertiary/aromatic N) is 1. The number of halogens is 3. The highest BCUT2D eigenvalue weighted by molar-refractivity contribution is 9.10. The summed E-state index contributed by atoms with van der Waals surface area (Å²) in [6.07, 6.45) is 0.697. The molecule has 36 heavy (non-hydrogen) atoms. The summed E-state index contributed by atoms with van der Waals surface area (Å²) in [5, 5.41) is 2.10. The Hall–Kier alpha value is -2.42. The molecule has 0 radical (unpaired) electrons. The van der Waals surface area contributed by atoms with Gasteiger partial charge in [0.2, 0.25) is 11.8 Å². The van der Waals surface area contributed by atoms with Crippen molar-refractivity contribution in [3.63, 3.8) is 0 Å². The van der Waals surface area contributed by atoms with Gasteiger partial charge in [0.1, 0.15) is 0 Å². The summed E-state index contributed by atoms with van der Waals surface area (Å²) < 4.78 is 6.08. The third-order valence-electron chi connectivity index (χ3n) is 7.46. The van der Waals surface area contributed by atoms with Gasteiger partial charge in [-0.15, -0.1) is 23.2 Å². The predicted molar refractivity (Wildman–Crippen MR) is 139 cm³/mol. The van der Waals surface area contributed by atoms with Gasteiger partial charge < -0.3 is 10.1 Å². The Labute approximate surface area is 226 Å². The van der Waals surface area contributed by atoms with Gasteiger partial charge in [-0.2, -0.15) is 0 Å². The summed E-state index contributed by atoms with van der Waals surface area (Å²) in [4.78, 5) is 52.2. The molecule has 3 amide bonds. The smallest absolute Gasteiger partial charge is 0.338 e. The number of aryl methyl sites for hydroxylation is 2. The number of anilines is 2. The van der Waals surface area contributed by atoms with E-state index in [1.54, 1.807) is 0 Å². The molecule has 0 aromatic heterocycles. The SMILES string of the molecule is Cc1cc(NC(=O)COC(=O)c2ccc(N3C(=O)[C@@H]4[C@H]5C[C@@H]([C@@H](Cl)[C@H]5Cl)[C@H]4C3=O)cc2)c(C)cc1Br. The molecule has 2 bridgehead atoms. The molecule has 2 aliphatic carbocycles. The molecule has 0 spiro atoms. The number of amides is 3. The maximum Gasteiger partial charge on any atom is 0.338 e. The Kier molecular flexibility index (Phi) is 6.64. The second kappa shape index (κ2) is 9.47. The minimum atomic E-state index is -0.690. The number of carbonyl (C=O) groups excluding carboxylic acids is 4. The van der Waals surface area contributed by atoms with Gasteiger partial charge in [-0.3, -0.25) is 19.3 Å². The maximum absolute atomic E-state index is 13.1. The van der Waals surface area contributed by atoms with Gasteiger partial charge in [-0.1, -0.05) is 15.9 Å². The molecule has 188 valence electrons. The summed E-state index contributed by atoms with van der Waals surface area (Å²) in [6, 6.07) is 9.72. The second-order valence-electron chi connectivity index (χ2n) is 9.60. The molecule has 6 atom stereocenters. The molecule has 2 aromatic rings. The van der Waals surface area contributed by atoms with Gasteiger partial charge in [0.15, 0.2) is 6.61 Å². The third kappa shape index (κ3) is 4.13. The first kappa shape index (κ1) is 25.2. The van der Waals surface area contributed by atoms with E-state index in [0.717, 1.165) is 15.6 Å². The molecular weight excluding hydrogens is 571 g/mol. The Morgan fingerprint density at radius 3 is 2.17 bits per heavy atom. The van der Waals surface area contributed by atoms with Gasteiger partial charge in [0, 0.05) is 10.2 Å². The largest absolute Gasteiger partial charge is 0.452 e. The van der Waals surface area contributed by atoms with Crippen molar-refractivity contribution >= 4 is 74.2 Å². The van der Waals surface area contributed by atoms with Crippen molar-refractivity contribution in [2.45, 2.75) is 31.0 Å². The molecule has 3 fully saturated rings. The molecule has 3 aliphatic rings. The Bertz CT molecular complexity index is 1250. The minimum Gasteiger partial charge on any atom is -0.452 e. The van der Waals surface area contributed by atoms with Crippen molar-refractivity contribution in [2.75, 3.05) is 16.8 Å². The average molecular weight is 594 g/mol. The van der Waals surface area contributed by atoms with Gasteiger partial charge in [0.25, 0.3) is 5.91 Å². The summed E-state index contributed by atoms with van der Waals surface area (Å²) in [5.41, 5.74) is 3.05. The minimum absolute atomic E-state index is 0.101. The topological polar surface area (TPSA) is 92.8 Å². The maximum atomic E-state index is 13.1. The molecule has 1 N–H and O–H groups in total. The van der Waals surface area contributed by atoms with Crippen LogP contribution in [0.4, 0.5) is 11.4 Å². The molecule has 5 rings (SSSR count). The number of carbonyl (C=O) groups is 4. The lowest BCUT2D eigenvalue weighted by Crippen LogP contribution is -2.37. The zero-order valence-corrected chi connectivity index (χ0v) is 22.6. The van der Waals surface area contributed by atoms with Crippen molar-refractivity contribution in [1.82, 2.24) is 0 Å². The quantitative estimate of drug-likeness (QED) is 0.304. The first-order valence-corrected chi connectivity index (χ1v) is 13.2. The lowest BCUT2D eigenvalue weighted by atomic mass is 9.80. The highest BCUT2D eigenvalue weighted by atomic mass is 79.9. The van der Waals surface area contributed by atoms with E-state index in [-0.39, 0.29) is 40.0 Å². The number of ether oxygens (including phenoxy) is 1. The third-order valence-corrected chi connectivity index (χ3v) is 9.64. The number of fused-ring (bicyclic) bond motifs is 5. The van der Waals surface area contributed by atoms with E-state index in [9.17, 15) is 19.2 Å². The van der Waals surface area contributed by atoms with Crippen LogP contribution in [-0.2, 0) is 19.1 Å². The second-order valence-corrected chi connectivity index (χ2v) is 11.5. The number of imide groups is 1. The molecule has 0 unspecified atom stereocenters. The molecule has 10 heteroatoms. The first-order valence-electron chi connectivity index (χ1n) is 11.6. The predicted octanol–water partition coefficient (Wildman–Crippen LogP) is 4.83. The summed E-state index contributed by atoms with van der Waals surface area (Å²) in [6.45, 7) is 3.32. The van der Waals surface area contributed by atoms with E-state index in [4.69, 9.17) is 27.9 Å². The van der Waals surface area contributed by atoms with Crippen LogP contribution in [0.25, 0.3) is 0 Å².